The molecule has 0 spiro atoms. The van der Waals surface area contributed by atoms with E-state index in [2.05, 4.69) is 147 Å². The van der Waals surface area contributed by atoms with Crippen molar-refractivity contribution in [1.82, 2.24) is 0 Å². The molecular formula is C50H32N2. The summed E-state index contributed by atoms with van der Waals surface area (Å²) in [5.74, 6) is 0.771. The topological polar surface area (TPSA) is 47.6 Å². The van der Waals surface area contributed by atoms with Crippen LogP contribution < -0.4 is 0 Å². The summed E-state index contributed by atoms with van der Waals surface area (Å²) in [5.41, 5.74) is 13.7. The maximum atomic E-state index is 9.60. The maximum Gasteiger partial charge on any atom is 0.0991 e. The zero-order chi connectivity index (χ0) is 35.1. The first-order chi connectivity index (χ1) is 25.5. The molecule has 2 heteroatoms. The predicted octanol–water partition coefficient (Wildman–Crippen LogP) is 13.3. The van der Waals surface area contributed by atoms with Crippen molar-refractivity contribution < 1.29 is 0 Å². The van der Waals surface area contributed by atoms with Crippen molar-refractivity contribution in [2.75, 3.05) is 0 Å². The van der Waals surface area contributed by atoms with Crippen LogP contribution in [0, 0.1) is 28.6 Å². The Kier molecular flexibility index (Phi) is 6.60. The second-order valence-electron chi connectivity index (χ2n) is 14.4. The number of hydrogen-bond donors (Lipinski definition) is 0. The van der Waals surface area contributed by atoms with Crippen LogP contribution >= 0.6 is 0 Å². The molecule has 2 atom stereocenters. The van der Waals surface area contributed by atoms with E-state index in [0.717, 1.165) is 22.3 Å². The minimum Gasteiger partial charge on any atom is -0.192 e. The largest absolute Gasteiger partial charge is 0.192 e. The van der Waals surface area contributed by atoms with Crippen molar-refractivity contribution in [1.29, 1.82) is 10.5 Å². The molecule has 0 N–H and O–H groups in total. The van der Waals surface area contributed by atoms with E-state index in [1.54, 1.807) is 0 Å². The molecule has 2 nitrogen and oxygen atoms in total. The summed E-state index contributed by atoms with van der Waals surface area (Å²) in [6, 6.07) is 50.3. The van der Waals surface area contributed by atoms with E-state index in [1.165, 1.54) is 76.5 Å². The van der Waals surface area contributed by atoms with Gasteiger partial charge >= 0.3 is 0 Å². The fourth-order valence-corrected chi connectivity index (χ4v) is 9.11. The predicted molar refractivity (Wildman–Crippen MR) is 216 cm³/mol. The van der Waals surface area contributed by atoms with E-state index < -0.39 is 0 Å². The van der Waals surface area contributed by atoms with E-state index in [1.807, 2.05) is 24.3 Å². The third-order valence-electron chi connectivity index (χ3n) is 11.5. The Morgan fingerprint density at radius 3 is 1.67 bits per heavy atom. The van der Waals surface area contributed by atoms with Crippen molar-refractivity contribution in [3.05, 3.63) is 168 Å². The van der Waals surface area contributed by atoms with Gasteiger partial charge in [0.1, 0.15) is 0 Å². The molecule has 0 aliphatic heterocycles. The number of rotatable bonds is 3. The second-order valence-corrected chi connectivity index (χ2v) is 14.4. The Labute approximate surface area is 302 Å². The van der Waals surface area contributed by atoms with Gasteiger partial charge in [0.05, 0.1) is 23.3 Å². The molecule has 52 heavy (non-hydrogen) atoms. The molecular weight excluding hydrogens is 629 g/mol. The molecule has 10 rings (SSSR count). The van der Waals surface area contributed by atoms with Crippen LogP contribution in [-0.4, -0.2) is 0 Å². The van der Waals surface area contributed by atoms with E-state index in [9.17, 15) is 10.5 Å². The highest BCUT2D eigenvalue weighted by Crippen LogP contribution is 2.53. The summed E-state index contributed by atoms with van der Waals surface area (Å²) in [6.45, 7) is 4.59. The van der Waals surface area contributed by atoms with Crippen LogP contribution in [0.2, 0.25) is 0 Å². The number of hydrogen-bond acceptors (Lipinski definition) is 2. The van der Waals surface area contributed by atoms with Crippen molar-refractivity contribution in [2.45, 2.75) is 19.8 Å². The number of fused-ring (bicyclic) bond motifs is 8. The van der Waals surface area contributed by atoms with Crippen molar-refractivity contribution in [2.24, 2.45) is 5.92 Å². The molecule has 0 radical (unpaired) electrons. The fraction of sp³-hybridized carbons (Fsp3) is 0.0800. The highest BCUT2D eigenvalue weighted by molar-refractivity contribution is 6.27. The Morgan fingerprint density at radius 2 is 1.02 bits per heavy atom. The van der Waals surface area contributed by atoms with Crippen LogP contribution in [0.1, 0.15) is 36.5 Å². The molecule has 8 aromatic rings. The molecule has 0 fully saturated rings. The van der Waals surface area contributed by atoms with Gasteiger partial charge in [-0.15, -0.1) is 0 Å². The first-order valence-electron chi connectivity index (χ1n) is 17.9. The minimum atomic E-state index is 0.345. The summed E-state index contributed by atoms with van der Waals surface area (Å²) in [4.78, 5) is 0. The van der Waals surface area contributed by atoms with Crippen LogP contribution in [-0.2, 0) is 0 Å². The highest BCUT2D eigenvalue weighted by atomic mass is 14.3. The number of benzene rings is 8. The van der Waals surface area contributed by atoms with E-state index in [-0.39, 0.29) is 0 Å². The quantitative estimate of drug-likeness (QED) is 0.177. The van der Waals surface area contributed by atoms with Gasteiger partial charge in [0.2, 0.25) is 0 Å². The van der Waals surface area contributed by atoms with Crippen LogP contribution in [0.25, 0.3) is 87.6 Å². The standard InChI is InChI=1S/C50H32N2/c1-29-7-5-8-30(2)49(29)39-21-22-40-45-26-48-46(25-44(45)38-12-6-11-37(39)50(38)40)42(34-19-15-32(28-52)16-20-34)24-43-36-10-4-3-9-35(36)41(23-47(43)48)33-17-13-31(27-51)14-18-33/h3-26,29,49H,1-2H3. The first-order valence-corrected chi connectivity index (χ1v) is 17.9. The van der Waals surface area contributed by atoms with E-state index in [4.69, 9.17) is 0 Å². The third-order valence-corrected chi connectivity index (χ3v) is 11.5. The molecule has 0 bridgehead atoms. The fourth-order valence-electron chi connectivity index (χ4n) is 9.11. The number of allylic oxidation sites excluding steroid dienone is 4. The van der Waals surface area contributed by atoms with Gasteiger partial charge < -0.3 is 0 Å². The molecule has 0 aromatic heterocycles. The average molecular weight is 661 g/mol. The lowest BCUT2D eigenvalue weighted by atomic mass is 9.77. The molecule has 8 aromatic carbocycles. The molecule has 0 heterocycles. The summed E-state index contributed by atoms with van der Waals surface area (Å²) in [7, 11) is 0. The smallest absolute Gasteiger partial charge is 0.0991 e. The monoisotopic (exact) mass is 660 g/mol. The van der Waals surface area contributed by atoms with Crippen LogP contribution in [0.5, 0.6) is 0 Å². The Hall–Kier alpha value is -6.74. The zero-order valence-corrected chi connectivity index (χ0v) is 28.9. The molecule has 242 valence electrons. The van der Waals surface area contributed by atoms with Gasteiger partial charge in [-0.25, -0.2) is 0 Å². The normalized spacial score (nSPS) is 15.9. The van der Waals surface area contributed by atoms with Gasteiger partial charge in [-0.1, -0.05) is 110 Å². The van der Waals surface area contributed by atoms with E-state index in [0.29, 0.717) is 23.0 Å². The molecule has 0 amide bonds. The number of nitriles is 2. The van der Waals surface area contributed by atoms with E-state index >= 15 is 0 Å². The SMILES string of the molecule is CC1=CC=CC(C)C1c1ccc2c3c(cccc13)-c1cc3c(-c4ccc(C#N)cc4)cc4c5ccccc5c(-c5ccc(C#N)cc5)cc4c3cc1-2. The molecule has 0 saturated heterocycles. The number of nitrogens with zero attached hydrogens (tertiary/aromatic N) is 2. The summed E-state index contributed by atoms with van der Waals surface area (Å²) >= 11 is 0. The van der Waals surface area contributed by atoms with Gasteiger partial charge in [0, 0.05) is 5.92 Å². The van der Waals surface area contributed by atoms with Gasteiger partial charge in [-0.2, -0.15) is 10.5 Å². The summed E-state index contributed by atoms with van der Waals surface area (Å²) in [6.07, 6.45) is 6.79. The zero-order valence-electron chi connectivity index (χ0n) is 28.9. The lowest BCUT2D eigenvalue weighted by Gasteiger charge is -2.27. The maximum absolute atomic E-state index is 9.60. The van der Waals surface area contributed by atoms with Crippen LogP contribution in [0.4, 0.5) is 0 Å². The molecule has 2 unspecified atom stereocenters. The Balaban J connectivity index is 1.30. The average Bonchev–Trinajstić information content (AvgIpc) is 3.50. The van der Waals surface area contributed by atoms with Crippen LogP contribution in [0.3, 0.4) is 0 Å². The van der Waals surface area contributed by atoms with Gasteiger partial charge in [-0.05, 0) is 155 Å². The first kappa shape index (κ1) is 30.1. The van der Waals surface area contributed by atoms with Crippen molar-refractivity contribution >= 4 is 43.1 Å². The second kappa shape index (κ2) is 11.4. The highest BCUT2D eigenvalue weighted by Gasteiger charge is 2.29. The van der Waals surface area contributed by atoms with Gasteiger partial charge in [-0.3, -0.25) is 0 Å². The molecule has 2 aliphatic rings. The Morgan fingerprint density at radius 1 is 0.481 bits per heavy atom. The third kappa shape index (κ3) is 4.35. The molecule has 2 aliphatic carbocycles. The van der Waals surface area contributed by atoms with Gasteiger partial charge in [0.25, 0.3) is 0 Å². The Bertz CT molecular complexity index is 2980. The minimum absolute atomic E-state index is 0.345. The molecule has 0 saturated carbocycles. The van der Waals surface area contributed by atoms with Crippen molar-refractivity contribution in [3.8, 4) is 56.6 Å². The summed E-state index contributed by atoms with van der Waals surface area (Å²) in [5, 5.41) is 28.9. The summed E-state index contributed by atoms with van der Waals surface area (Å²) < 4.78 is 0. The van der Waals surface area contributed by atoms with Crippen molar-refractivity contribution in [3.63, 3.8) is 0 Å². The lowest BCUT2D eigenvalue weighted by molar-refractivity contribution is 0.609. The lowest BCUT2D eigenvalue weighted by Crippen LogP contribution is -2.12. The van der Waals surface area contributed by atoms with Gasteiger partial charge in [0.15, 0.2) is 0 Å². The van der Waals surface area contributed by atoms with Crippen LogP contribution in [0.15, 0.2) is 151 Å².